The first-order valence-corrected chi connectivity index (χ1v) is 6.82. The molecule has 1 atom stereocenters. The zero-order chi connectivity index (χ0) is 14.0. The third-order valence-electron chi connectivity index (χ3n) is 4.11. The molecule has 0 aromatic heterocycles. The molecule has 4 heteroatoms. The third kappa shape index (κ3) is 3.07. The standard InChI is InChI=1S/C15H24FN3/c1-15(2)11-19(13-7-5-12(16)6-8-13)14(9-17-3)10-18(15)4/h5-8,14,17H,9-11H2,1-4H3. The summed E-state index contributed by atoms with van der Waals surface area (Å²) in [5.74, 6) is -0.178. The fraction of sp³-hybridized carbons (Fsp3) is 0.600. The molecule has 0 radical (unpaired) electrons. The predicted molar refractivity (Wildman–Crippen MR) is 78.2 cm³/mol. The maximum Gasteiger partial charge on any atom is 0.123 e. The number of nitrogens with zero attached hydrogens (tertiary/aromatic N) is 2. The summed E-state index contributed by atoms with van der Waals surface area (Å²) in [6, 6.07) is 7.24. The van der Waals surface area contributed by atoms with Gasteiger partial charge in [-0.25, -0.2) is 4.39 Å². The van der Waals surface area contributed by atoms with Gasteiger partial charge in [0.25, 0.3) is 0 Å². The lowest BCUT2D eigenvalue weighted by molar-refractivity contribution is 0.114. The fourth-order valence-electron chi connectivity index (χ4n) is 2.67. The summed E-state index contributed by atoms with van der Waals surface area (Å²) in [7, 11) is 4.15. The highest BCUT2D eigenvalue weighted by Crippen LogP contribution is 2.27. The minimum atomic E-state index is -0.178. The Hall–Kier alpha value is -1.13. The average molecular weight is 265 g/mol. The molecule has 1 saturated heterocycles. The molecule has 19 heavy (non-hydrogen) atoms. The first-order chi connectivity index (χ1) is 8.94. The van der Waals surface area contributed by atoms with Gasteiger partial charge in [0, 0.05) is 30.9 Å². The summed E-state index contributed by atoms with van der Waals surface area (Å²) in [5.41, 5.74) is 1.22. The van der Waals surface area contributed by atoms with Gasteiger partial charge in [-0.1, -0.05) is 0 Å². The number of halogens is 1. The molecule has 0 bridgehead atoms. The number of hydrogen-bond acceptors (Lipinski definition) is 3. The molecular weight excluding hydrogens is 241 g/mol. The minimum Gasteiger partial charge on any atom is -0.364 e. The number of benzene rings is 1. The average Bonchev–Trinajstić information content (AvgIpc) is 2.35. The summed E-state index contributed by atoms with van der Waals surface area (Å²) < 4.78 is 13.1. The van der Waals surface area contributed by atoms with Gasteiger partial charge in [-0.05, 0) is 52.2 Å². The van der Waals surface area contributed by atoms with Crippen LogP contribution in [-0.4, -0.2) is 50.2 Å². The zero-order valence-corrected chi connectivity index (χ0v) is 12.3. The van der Waals surface area contributed by atoms with E-state index in [0.29, 0.717) is 6.04 Å². The van der Waals surface area contributed by atoms with Crippen LogP contribution in [0.3, 0.4) is 0 Å². The Morgan fingerprint density at radius 3 is 2.53 bits per heavy atom. The van der Waals surface area contributed by atoms with Crippen LogP contribution in [0.5, 0.6) is 0 Å². The fourth-order valence-corrected chi connectivity index (χ4v) is 2.67. The van der Waals surface area contributed by atoms with Crippen LogP contribution in [0, 0.1) is 5.82 Å². The third-order valence-corrected chi connectivity index (χ3v) is 4.11. The molecule has 1 aromatic rings. The molecule has 0 aliphatic carbocycles. The van der Waals surface area contributed by atoms with Gasteiger partial charge < -0.3 is 10.2 Å². The monoisotopic (exact) mass is 265 g/mol. The van der Waals surface area contributed by atoms with Gasteiger partial charge in [0.05, 0.1) is 6.04 Å². The van der Waals surface area contributed by atoms with Gasteiger partial charge in [0.15, 0.2) is 0 Å². The zero-order valence-electron chi connectivity index (χ0n) is 12.3. The van der Waals surface area contributed by atoms with Crippen molar-refractivity contribution in [1.29, 1.82) is 0 Å². The Labute approximate surface area is 115 Å². The number of anilines is 1. The topological polar surface area (TPSA) is 18.5 Å². The maximum absolute atomic E-state index is 13.1. The Morgan fingerprint density at radius 1 is 1.32 bits per heavy atom. The molecule has 1 aliphatic rings. The highest BCUT2D eigenvalue weighted by molar-refractivity contribution is 5.48. The highest BCUT2D eigenvalue weighted by Gasteiger charge is 2.36. The number of hydrogen-bond donors (Lipinski definition) is 1. The van der Waals surface area contributed by atoms with E-state index in [1.165, 1.54) is 12.1 Å². The van der Waals surface area contributed by atoms with Crippen molar-refractivity contribution >= 4 is 5.69 Å². The smallest absolute Gasteiger partial charge is 0.123 e. The molecule has 1 aliphatic heterocycles. The van der Waals surface area contributed by atoms with Gasteiger partial charge in [-0.3, -0.25) is 4.90 Å². The molecule has 0 amide bonds. The highest BCUT2D eigenvalue weighted by atomic mass is 19.1. The first kappa shape index (κ1) is 14.3. The van der Waals surface area contributed by atoms with E-state index < -0.39 is 0 Å². The summed E-state index contributed by atoms with van der Waals surface area (Å²) in [5, 5.41) is 3.25. The van der Waals surface area contributed by atoms with E-state index in [0.717, 1.165) is 25.3 Å². The molecule has 1 N–H and O–H groups in total. The van der Waals surface area contributed by atoms with Crippen LogP contribution in [-0.2, 0) is 0 Å². The van der Waals surface area contributed by atoms with Gasteiger partial charge in [0.2, 0.25) is 0 Å². The summed E-state index contributed by atoms with van der Waals surface area (Å²) >= 11 is 0. The van der Waals surface area contributed by atoms with Gasteiger partial charge in [-0.15, -0.1) is 0 Å². The number of likely N-dealkylation sites (N-methyl/N-ethyl adjacent to an activating group) is 2. The van der Waals surface area contributed by atoms with Crippen LogP contribution in [0.4, 0.5) is 10.1 Å². The van der Waals surface area contributed by atoms with Crippen molar-refractivity contribution in [3.05, 3.63) is 30.1 Å². The van der Waals surface area contributed by atoms with Crippen molar-refractivity contribution in [2.24, 2.45) is 0 Å². The van der Waals surface area contributed by atoms with E-state index in [4.69, 9.17) is 0 Å². The van der Waals surface area contributed by atoms with Crippen LogP contribution < -0.4 is 10.2 Å². The minimum absolute atomic E-state index is 0.124. The molecule has 1 fully saturated rings. The van der Waals surface area contributed by atoms with Crippen LogP contribution in [0.2, 0.25) is 0 Å². The second kappa shape index (κ2) is 5.47. The van der Waals surface area contributed by atoms with E-state index in [2.05, 4.69) is 36.0 Å². The number of rotatable bonds is 3. The Balaban J connectivity index is 2.25. The second-order valence-corrected chi connectivity index (χ2v) is 6.01. The molecule has 3 nitrogen and oxygen atoms in total. The van der Waals surface area contributed by atoms with Crippen LogP contribution in [0.25, 0.3) is 0 Å². The Kier molecular flexibility index (Phi) is 4.11. The van der Waals surface area contributed by atoms with E-state index in [9.17, 15) is 4.39 Å². The van der Waals surface area contributed by atoms with E-state index >= 15 is 0 Å². The normalized spacial score (nSPS) is 23.6. The molecular formula is C15H24FN3. The van der Waals surface area contributed by atoms with E-state index in [1.807, 2.05) is 19.2 Å². The molecule has 0 saturated carbocycles. The lowest BCUT2D eigenvalue weighted by Crippen LogP contribution is -2.64. The van der Waals surface area contributed by atoms with Crippen LogP contribution >= 0.6 is 0 Å². The van der Waals surface area contributed by atoms with Crippen molar-refractivity contribution in [3.63, 3.8) is 0 Å². The van der Waals surface area contributed by atoms with Crippen molar-refractivity contribution in [1.82, 2.24) is 10.2 Å². The molecule has 1 unspecified atom stereocenters. The van der Waals surface area contributed by atoms with Crippen molar-refractivity contribution in [2.75, 3.05) is 38.6 Å². The first-order valence-electron chi connectivity index (χ1n) is 6.82. The predicted octanol–water partition coefficient (Wildman–Crippen LogP) is 1.94. The largest absolute Gasteiger partial charge is 0.364 e. The van der Waals surface area contributed by atoms with Crippen molar-refractivity contribution < 1.29 is 4.39 Å². The van der Waals surface area contributed by atoms with Gasteiger partial charge in [-0.2, -0.15) is 0 Å². The SMILES string of the molecule is CNCC1CN(C)C(C)(C)CN1c1ccc(F)cc1. The Morgan fingerprint density at radius 2 is 1.95 bits per heavy atom. The van der Waals surface area contributed by atoms with Gasteiger partial charge >= 0.3 is 0 Å². The molecule has 1 aromatic carbocycles. The number of nitrogens with one attached hydrogen (secondary N) is 1. The maximum atomic E-state index is 13.1. The summed E-state index contributed by atoms with van der Waals surface area (Å²) in [6.45, 7) is 7.38. The second-order valence-electron chi connectivity index (χ2n) is 6.01. The lowest BCUT2D eigenvalue weighted by Gasteiger charge is -2.50. The van der Waals surface area contributed by atoms with Crippen LogP contribution in [0.1, 0.15) is 13.8 Å². The van der Waals surface area contributed by atoms with Crippen molar-refractivity contribution in [2.45, 2.75) is 25.4 Å². The molecule has 1 heterocycles. The van der Waals surface area contributed by atoms with Crippen molar-refractivity contribution in [3.8, 4) is 0 Å². The van der Waals surface area contributed by atoms with Crippen LogP contribution in [0.15, 0.2) is 24.3 Å². The number of piperazine rings is 1. The summed E-state index contributed by atoms with van der Waals surface area (Å²) in [6.07, 6.45) is 0. The Bertz CT molecular complexity index is 416. The molecule has 2 rings (SSSR count). The molecule has 0 spiro atoms. The lowest BCUT2D eigenvalue weighted by atomic mass is 9.95. The molecule has 106 valence electrons. The van der Waals surface area contributed by atoms with Gasteiger partial charge in [0.1, 0.15) is 5.82 Å². The quantitative estimate of drug-likeness (QED) is 0.901. The summed E-state index contributed by atoms with van der Waals surface area (Å²) in [4.78, 5) is 4.78. The van der Waals surface area contributed by atoms with E-state index in [-0.39, 0.29) is 11.4 Å². The van der Waals surface area contributed by atoms with E-state index in [1.54, 1.807) is 0 Å².